The number of fused-ring (bicyclic) bond motifs is 1. The summed E-state index contributed by atoms with van der Waals surface area (Å²) in [6.45, 7) is 0. The molecule has 0 saturated heterocycles. The summed E-state index contributed by atoms with van der Waals surface area (Å²) in [4.78, 5) is 8.46. The van der Waals surface area contributed by atoms with Crippen LogP contribution >= 0.6 is 0 Å². The zero-order valence-corrected chi connectivity index (χ0v) is 8.97. The standard InChI is InChI=1S/C14H9FN2/c15-12-5-6-16-14(8-12)11-7-10-3-1-2-4-13(10)17-9-11/h1-9H. The first-order valence-corrected chi connectivity index (χ1v) is 5.30. The number of rotatable bonds is 1. The Morgan fingerprint density at radius 1 is 0.941 bits per heavy atom. The summed E-state index contributed by atoms with van der Waals surface area (Å²) in [6.07, 6.45) is 3.17. The number of hydrogen-bond acceptors (Lipinski definition) is 2. The van der Waals surface area contributed by atoms with E-state index in [2.05, 4.69) is 9.97 Å². The Morgan fingerprint density at radius 2 is 1.82 bits per heavy atom. The van der Waals surface area contributed by atoms with Crippen molar-refractivity contribution < 1.29 is 4.39 Å². The summed E-state index contributed by atoms with van der Waals surface area (Å²) < 4.78 is 13.1. The summed E-state index contributed by atoms with van der Waals surface area (Å²) >= 11 is 0. The van der Waals surface area contributed by atoms with Crippen molar-refractivity contribution in [3.8, 4) is 11.3 Å². The maximum absolute atomic E-state index is 13.1. The Kier molecular flexibility index (Phi) is 2.29. The second kappa shape index (κ2) is 3.94. The van der Waals surface area contributed by atoms with Gasteiger partial charge < -0.3 is 0 Å². The van der Waals surface area contributed by atoms with E-state index in [1.807, 2.05) is 30.3 Å². The third-order valence-corrected chi connectivity index (χ3v) is 2.61. The molecule has 0 aliphatic carbocycles. The van der Waals surface area contributed by atoms with Gasteiger partial charge in [-0.15, -0.1) is 0 Å². The maximum Gasteiger partial charge on any atom is 0.126 e. The third kappa shape index (κ3) is 1.87. The van der Waals surface area contributed by atoms with Gasteiger partial charge in [0.05, 0.1) is 11.2 Å². The minimum Gasteiger partial charge on any atom is -0.256 e. The second-order valence-corrected chi connectivity index (χ2v) is 3.78. The topological polar surface area (TPSA) is 25.8 Å². The van der Waals surface area contributed by atoms with E-state index < -0.39 is 0 Å². The van der Waals surface area contributed by atoms with Gasteiger partial charge in [-0.3, -0.25) is 9.97 Å². The molecule has 0 aliphatic heterocycles. The average molecular weight is 224 g/mol. The fourth-order valence-electron chi connectivity index (χ4n) is 1.77. The van der Waals surface area contributed by atoms with E-state index in [4.69, 9.17) is 0 Å². The molecule has 0 N–H and O–H groups in total. The predicted molar refractivity (Wildman–Crippen MR) is 64.9 cm³/mol. The molecule has 0 bridgehead atoms. The van der Waals surface area contributed by atoms with Crippen molar-refractivity contribution in [3.05, 3.63) is 60.7 Å². The van der Waals surface area contributed by atoms with E-state index in [1.165, 1.54) is 18.3 Å². The summed E-state index contributed by atoms with van der Waals surface area (Å²) in [5, 5.41) is 1.02. The molecule has 0 atom stereocenters. The van der Waals surface area contributed by atoms with Crippen LogP contribution in [-0.2, 0) is 0 Å². The normalized spacial score (nSPS) is 10.6. The zero-order valence-electron chi connectivity index (χ0n) is 8.97. The van der Waals surface area contributed by atoms with E-state index in [1.54, 1.807) is 6.20 Å². The van der Waals surface area contributed by atoms with Crippen molar-refractivity contribution in [2.24, 2.45) is 0 Å². The van der Waals surface area contributed by atoms with Crippen LogP contribution in [0.2, 0.25) is 0 Å². The fourth-order valence-corrected chi connectivity index (χ4v) is 1.77. The number of para-hydroxylation sites is 1. The molecule has 0 unspecified atom stereocenters. The van der Waals surface area contributed by atoms with Crippen molar-refractivity contribution in [2.45, 2.75) is 0 Å². The number of hydrogen-bond donors (Lipinski definition) is 0. The highest BCUT2D eigenvalue weighted by molar-refractivity contribution is 5.82. The summed E-state index contributed by atoms with van der Waals surface area (Å²) in [5.41, 5.74) is 2.35. The van der Waals surface area contributed by atoms with Gasteiger partial charge in [-0.1, -0.05) is 18.2 Å². The molecule has 0 spiro atoms. The first kappa shape index (κ1) is 9.90. The van der Waals surface area contributed by atoms with Crippen LogP contribution in [0.1, 0.15) is 0 Å². The van der Waals surface area contributed by atoms with Gasteiger partial charge in [0.25, 0.3) is 0 Å². The molecule has 2 aromatic heterocycles. The van der Waals surface area contributed by atoms with Gasteiger partial charge in [0, 0.05) is 29.4 Å². The molecule has 2 nitrogen and oxygen atoms in total. The lowest BCUT2D eigenvalue weighted by atomic mass is 10.1. The SMILES string of the molecule is Fc1ccnc(-c2cnc3ccccc3c2)c1. The zero-order chi connectivity index (χ0) is 11.7. The number of pyridine rings is 2. The lowest BCUT2D eigenvalue weighted by Crippen LogP contribution is -1.87. The van der Waals surface area contributed by atoms with Crippen molar-refractivity contribution in [2.75, 3.05) is 0 Å². The monoisotopic (exact) mass is 224 g/mol. The van der Waals surface area contributed by atoms with Crippen LogP contribution < -0.4 is 0 Å². The molecule has 0 saturated carbocycles. The maximum atomic E-state index is 13.1. The lowest BCUT2D eigenvalue weighted by Gasteiger charge is -2.02. The van der Waals surface area contributed by atoms with Crippen molar-refractivity contribution >= 4 is 10.9 Å². The molecule has 3 rings (SSSR count). The Morgan fingerprint density at radius 3 is 2.71 bits per heavy atom. The molecular weight excluding hydrogens is 215 g/mol. The van der Waals surface area contributed by atoms with Crippen molar-refractivity contribution in [1.29, 1.82) is 0 Å². The van der Waals surface area contributed by atoms with Crippen molar-refractivity contribution in [3.63, 3.8) is 0 Å². The highest BCUT2D eigenvalue weighted by Gasteiger charge is 2.02. The van der Waals surface area contributed by atoms with Gasteiger partial charge in [-0.2, -0.15) is 0 Å². The molecular formula is C14H9FN2. The lowest BCUT2D eigenvalue weighted by molar-refractivity contribution is 0.626. The van der Waals surface area contributed by atoms with Crippen molar-refractivity contribution in [1.82, 2.24) is 9.97 Å². The average Bonchev–Trinajstić information content (AvgIpc) is 2.38. The van der Waals surface area contributed by atoms with Gasteiger partial charge in [0.1, 0.15) is 5.82 Å². The minimum absolute atomic E-state index is 0.289. The van der Waals surface area contributed by atoms with E-state index in [0.717, 1.165) is 16.5 Å². The van der Waals surface area contributed by atoms with Gasteiger partial charge in [0.2, 0.25) is 0 Å². The predicted octanol–water partition coefficient (Wildman–Crippen LogP) is 3.44. The highest BCUT2D eigenvalue weighted by Crippen LogP contribution is 2.21. The van der Waals surface area contributed by atoms with E-state index in [-0.39, 0.29) is 5.82 Å². The smallest absolute Gasteiger partial charge is 0.126 e. The van der Waals surface area contributed by atoms with Crippen LogP contribution in [-0.4, -0.2) is 9.97 Å². The molecule has 0 amide bonds. The minimum atomic E-state index is -0.289. The fraction of sp³-hybridized carbons (Fsp3) is 0. The van der Waals surface area contributed by atoms with Gasteiger partial charge in [0.15, 0.2) is 0 Å². The number of halogens is 1. The van der Waals surface area contributed by atoms with Crippen LogP contribution in [0, 0.1) is 5.82 Å². The van der Waals surface area contributed by atoms with Gasteiger partial charge in [-0.05, 0) is 18.2 Å². The molecule has 0 fully saturated rings. The molecule has 0 radical (unpaired) electrons. The summed E-state index contributed by atoms with van der Waals surface area (Å²) in [5.74, 6) is -0.289. The summed E-state index contributed by atoms with van der Waals surface area (Å²) in [7, 11) is 0. The molecule has 0 aliphatic rings. The second-order valence-electron chi connectivity index (χ2n) is 3.78. The van der Waals surface area contributed by atoms with Crippen LogP contribution in [0.25, 0.3) is 22.2 Å². The number of nitrogens with zero attached hydrogens (tertiary/aromatic N) is 2. The number of aromatic nitrogens is 2. The van der Waals surface area contributed by atoms with E-state index in [9.17, 15) is 4.39 Å². The Balaban J connectivity index is 2.18. The molecule has 2 heterocycles. The largest absolute Gasteiger partial charge is 0.256 e. The van der Waals surface area contributed by atoms with Crippen LogP contribution in [0.5, 0.6) is 0 Å². The highest BCUT2D eigenvalue weighted by atomic mass is 19.1. The van der Waals surface area contributed by atoms with Crippen LogP contribution in [0.3, 0.4) is 0 Å². The Labute approximate surface area is 97.8 Å². The van der Waals surface area contributed by atoms with Crippen LogP contribution in [0.15, 0.2) is 54.9 Å². The number of benzene rings is 1. The molecule has 3 aromatic rings. The van der Waals surface area contributed by atoms with E-state index in [0.29, 0.717) is 5.69 Å². The molecule has 82 valence electrons. The Bertz CT molecular complexity index is 680. The summed E-state index contributed by atoms with van der Waals surface area (Å²) in [6, 6.07) is 12.5. The third-order valence-electron chi connectivity index (χ3n) is 2.61. The quantitative estimate of drug-likeness (QED) is 0.632. The molecule has 3 heteroatoms. The first-order chi connectivity index (χ1) is 8.33. The Hall–Kier alpha value is -2.29. The van der Waals surface area contributed by atoms with Gasteiger partial charge in [-0.25, -0.2) is 4.39 Å². The van der Waals surface area contributed by atoms with Gasteiger partial charge >= 0.3 is 0 Å². The molecule has 17 heavy (non-hydrogen) atoms. The van der Waals surface area contributed by atoms with E-state index >= 15 is 0 Å². The van der Waals surface area contributed by atoms with Crippen LogP contribution in [0.4, 0.5) is 4.39 Å². The molecule has 1 aromatic carbocycles. The first-order valence-electron chi connectivity index (χ1n) is 5.30.